The summed E-state index contributed by atoms with van der Waals surface area (Å²) in [5, 5.41) is 2.54. The quantitative estimate of drug-likeness (QED) is 0.640. The zero-order chi connectivity index (χ0) is 23.7. The van der Waals surface area contributed by atoms with E-state index in [0.29, 0.717) is 0 Å². The smallest absolute Gasteiger partial charge is 0.399 e. The maximum Gasteiger partial charge on any atom is 0.494 e. The van der Waals surface area contributed by atoms with Crippen LogP contribution in [0, 0.1) is 11.6 Å². The predicted octanol–water partition coefficient (Wildman–Crippen LogP) is 2.02. The lowest BCUT2D eigenvalue weighted by Crippen LogP contribution is -2.46. The zero-order valence-corrected chi connectivity index (χ0v) is 18.6. The van der Waals surface area contributed by atoms with Gasteiger partial charge in [-0.1, -0.05) is 24.3 Å². The van der Waals surface area contributed by atoms with E-state index >= 15 is 0 Å². The van der Waals surface area contributed by atoms with E-state index in [9.17, 15) is 18.4 Å². The van der Waals surface area contributed by atoms with Crippen LogP contribution < -0.4 is 16.5 Å². The molecule has 32 heavy (non-hydrogen) atoms. The van der Waals surface area contributed by atoms with Crippen LogP contribution >= 0.6 is 0 Å². The molecule has 1 aliphatic rings. The largest absolute Gasteiger partial charge is 0.494 e. The molecule has 0 radical (unpaired) electrons. The summed E-state index contributed by atoms with van der Waals surface area (Å²) in [6, 6.07) is 9.19. The Balaban J connectivity index is 1.63. The lowest BCUT2D eigenvalue weighted by atomic mass is 9.78. The maximum atomic E-state index is 13.3. The van der Waals surface area contributed by atoms with E-state index < -0.39 is 47.8 Å². The van der Waals surface area contributed by atoms with Gasteiger partial charge in [-0.2, -0.15) is 0 Å². The van der Waals surface area contributed by atoms with Crippen molar-refractivity contribution in [1.29, 1.82) is 0 Å². The lowest BCUT2D eigenvalue weighted by Gasteiger charge is -2.32. The molecule has 2 aromatic rings. The third-order valence-corrected chi connectivity index (χ3v) is 5.91. The summed E-state index contributed by atoms with van der Waals surface area (Å²) in [5.74, 6) is -2.82. The highest BCUT2D eigenvalue weighted by molar-refractivity contribution is 6.62. The van der Waals surface area contributed by atoms with Crippen molar-refractivity contribution in [1.82, 2.24) is 5.32 Å². The van der Waals surface area contributed by atoms with Gasteiger partial charge >= 0.3 is 7.12 Å². The molecule has 0 aromatic heterocycles. The average molecular weight is 444 g/mol. The van der Waals surface area contributed by atoms with Gasteiger partial charge in [0.05, 0.1) is 17.6 Å². The number of amides is 2. The second kappa shape index (κ2) is 9.00. The number of hydrogen-bond acceptors (Lipinski definition) is 4. The van der Waals surface area contributed by atoms with E-state index in [0.717, 1.165) is 29.2 Å². The monoisotopic (exact) mass is 444 g/mol. The number of hydrogen-bond donors (Lipinski definition) is 2. The second-order valence-electron chi connectivity index (χ2n) is 9.01. The minimum Gasteiger partial charge on any atom is -0.399 e. The van der Waals surface area contributed by atoms with E-state index in [2.05, 4.69) is 5.32 Å². The minimum absolute atomic E-state index is 0.162. The van der Waals surface area contributed by atoms with E-state index in [-0.39, 0.29) is 18.4 Å². The minimum atomic E-state index is -0.969. The molecule has 0 spiro atoms. The summed E-state index contributed by atoms with van der Waals surface area (Å²) in [6.07, 6.45) is -0.110. The normalized spacial score (nSPS) is 17.8. The zero-order valence-electron chi connectivity index (χ0n) is 18.6. The van der Waals surface area contributed by atoms with Crippen molar-refractivity contribution >= 4 is 24.4 Å². The molecular formula is C23H27BF2N2O4. The number of carbonyl (C=O) groups excluding carboxylic acids is 2. The van der Waals surface area contributed by atoms with Crippen LogP contribution in [-0.4, -0.2) is 36.2 Å². The third-order valence-electron chi connectivity index (χ3n) is 5.91. The van der Waals surface area contributed by atoms with E-state index in [1.807, 2.05) is 52.0 Å². The summed E-state index contributed by atoms with van der Waals surface area (Å²) in [7, 11) is -0.507. The molecule has 0 aliphatic carbocycles. The second-order valence-corrected chi connectivity index (χ2v) is 9.01. The van der Waals surface area contributed by atoms with Gasteiger partial charge in [0.25, 0.3) is 0 Å². The first-order valence-corrected chi connectivity index (χ1v) is 10.3. The van der Waals surface area contributed by atoms with Gasteiger partial charge in [0.2, 0.25) is 11.8 Å². The van der Waals surface area contributed by atoms with Crippen LogP contribution in [0.25, 0.3) is 0 Å². The number of benzene rings is 2. The Hall–Kier alpha value is -2.78. The molecule has 1 heterocycles. The van der Waals surface area contributed by atoms with Gasteiger partial charge < -0.3 is 20.4 Å². The van der Waals surface area contributed by atoms with Gasteiger partial charge in [0.1, 0.15) is 17.7 Å². The Morgan fingerprint density at radius 2 is 1.50 bits per heavy atom. The summed E-state index contributed by atoms with van der Waals surface area (Å²) >= 11 is 0. The molecule has 1 atom stereocenters. The summed E-state index contributed by atoms with van der Waals surface area (Å²) in [6.45, 7) is 7.89. The summed E-state index contributed by atoms with van der Waals surface area (Å²) in [4.78, 5) is 24.2. The summed E-state index contributed by atoms with van der Waals surface area (Å²) in [5.41, 5.74) is 6.30. The molecular weight excluding hydrogens is 417 g/mol. The molecule has 1 fully saturated rings. The van der Waals surface area contributed by atoms with Crippen molar-refractivity contribution in [2.45, 2.75) is 57.8 Å². The van der Waals surface area contributed by atoms with Crippen LogP contribution in [0.1, 0.15) is 38.8 Å². The molecule has 0 saturated carbocycles. The Kier molecular flexibility index (Phi) is 6.71. The highest BCUT2D eigenvalue weighted by Crippen LogP contribution is 2.36. The highest BCUT2D eigenvalue weighted by atomic mass is 19.1. The van der Waals surface area contributed by atoms with Gasteiger partial charge in [0, 0.05) is 12.5 Å². The Labute approximate surface area is 186 Å². The molecule has 1 saturated heterocycles. The van der Waals surface area contributed by atoms with E-state index in [4.69, 9.17) is 15.0 Å². The molecule has 3 N–H and O–H groups in total. The first kappa shape index (κ1) is 23.9. The number of halogens is 2. The van der Waals surface area contributed by atoms with Crippen LogP contribution in [0.4, 0.5) is 8.78 Å². The van der Waals surface area contributed by atoms with Crippen LogP contribution in [0.2, 0.25) is 0 Å². The molecule has 170 valence electrons. The first-order valence-electron chi connectivity index (χ1n) is 10.3. The lowest BCUT2D eigenvalue weighted by molar-refractivity contribution is -0.127. The molecule has 6 nitrogen and oxygen atoms in total. The fourth-order valence-corrected chi connectivity index (χ4v) is 3.39. The molecule has 2 amide bonds. The maximum absolute atomic E-state index is 13.3. The van der Waals surface area contributed by atoms with Gasteiger partial charge in [-0.05, 0) is 56.4 Å². The van der Waals surface area contributed by atoms with E-state index in [1.54, 1.807) is 0 Å². The van der Waals surface area contributed by atoms with Gasteiger partial charge in [-0.15, -0.1) is 0 Å². The SMILES string of the molecule is CC1(C)OB(c2ccc(C[C@@H](NC(=O)Cc3cc(F)cc(F)c3)C(N)=O)cc2)OC1(C)C. The third kappa shape index (κ3) is 5.52. The van der Waals surface area contributed by atoms with Crippen molar-refractivity contribution in [2.24, 2.45) is 5.73 Å². The van der Waals surface area contributed by atoms with Gasteiger partial charge in [-0.25, -0.2) is 8.78 Å². The molecule has 9 heteroatoms. The fourth-order valence-electron chi connectivity index (χ4n) is 3.39. The van der Waals surface area contributed by atoms with Crippen molar-refractivity contribution in [3.05, 3.63) is 65.2 Å². The fraction of sp³-hybridized carbons (Fsp3) is 0.391. The van der Waals surface area contributed by atoms with Crippen LogP contribution in [0.5, 0.6) is 0 Å². The number of primary amides is 1. The standard InChI is InChI=1S/C23H27BF2N2O4/c1-22(2)23(3,4)32-24(31-22)16-7-5-14(6-8-16)11-19(21(27)30)28-20(29)12-15-9-17(25)13-18(26)10-15/h5-10,13,19H,11-12H2,1-4H3,(H2,27,30)(H,28,29)/t19-/m1/s1. The van der Waals surface area contributed by atoms with Crippen LogP contribution in [0.3, 0.4) is 0 Å². The van der Waals surface area contributed by atoms with Crippen molar-refractivity contribution in [3.8, 4) is 0 Å². The van der Waals surface area contributed by atoms with Crippen LogP contribution in [0.15, 0.2) is 42.5 Å². The number of nitrogens with two attached hydrogens (primary N) is 1. The Morgan fingerprint density at radius 1 is 0.969 bits per heavy atom. The van der Waals surface area contributed by atoms with Gasteiger partial charge in [-0.3, -0.25) is 9.59 Å². The van der Waals surface area contributed by atoms with E-state index in [1.165, 1.54) is 0 Å². The van der Waals surface area contributed by atoms with Gasteiger partial charge in [0.15, 0.2) is 0 Å². The molecule has 1 aliphatic heterocycles. The Morgan fingerprint density at radius 3 is 2.00 bits per heavy atom. The summed E-state index contributed by atoms with van der Waals surface area (Å²) < 4.78 is 38.7. The molecule has 3 rings (SSSR count). The van der Waals surface area contributed by atoms with Crippen molar-refractivity contribution in [2.75, 3.05) is 0 Å². The average Bonchev–Trinajstić information content (AvgIpc) is 2.88. The predicted molar refractivity (Wildman–Crippen MR) is 117 cm³/mol. The van der Waals surface area contributed by atoms with Crippen molar-refractivity contribution < 1.29 is 27.7 Å². The van der Waals surface area contributed by atoms with Crippen molar-refractivity contribution in [3.63, 3.8) is 0 Å². The molecule has 2 aromatic carbocycles. The first-order chi connectivity index (χ1) is 14.9. The Bertz CT molecular complexity index is 975. The number of rotatable bonds is 7. The van der Waals surface area contributed by atoms with Crippen LogP contribution in [-0.2, 0) is 31.7 Å². The molecule has 0 unspecified atom stereocenters. The topological polar surface area (TPSA) is 90.6 Å². The number of nitrogens with one attached hydrogen (secondary N) is 1. The number of carbonyl (C=O) groups is 2. The molecule has 0 bridgehead atoms. The highest BCUT2D eigenvalue weighted by Gasteiger charge is 2.51.